The van der Waals surface area contributed by atoms with E-state index in [2.05, 4.69) is 0 Å². The molecule has 0 amide bonds. The molecule has 1 aromatic rings. The quantitative estimate of drug-likeness (QED) is 0.638. The number of halogens is 1. The number of ether oxygens (including phenoxy) is 1. The van der Waals surface area contributed by atoms with Crippen molar-refractivity contribution in [3.63, 3.8) is 0 Å². The van der Waals surface area contributed by atoms with Crippen LogP contribution in [0.3, 0.4) is 0 Å². The zero-order chi connectivity index (χ0) is 11.5. The molecule has 2 rings (SSSR count). The Morgan fingerprint density at radius 2 is 2.25 bits per heavy atom. The Balaban J connectivity index is 2.22. The number of nitrogen functional groups attached to an aromatic ring is 1. The molecule has 0 aromatic heterocycles. The van der Waals surface area contributed by atoms with E-state index in [9.17, 15) is 4.79 Å². The minimum atomic E-state index is -0.352. The maximum Gasteiger partial charge on any atom is 0.193 e. The standard InChI is InChI=1S/C12H14ClNO2/c13-8-4-5-10(14)9(7-8)12(15)11-3-1-2-6-16-11/h4-5,7,11H,1-3,6,14H2. The SMILES string of the molecule is Nc1ccc(Cl)cc1C(=O)C1CCCCO1. The summed E-state index contributed by atoms with van der Waals surface area (Å²) in [4.78, 5) is 12.1. The van der Waals surface area contributed by atoms with Crippen LogP contribution in [0.4, 0.5) is 5.69 Å². The number of ketones is 1. The van der Waals surface area contributed by atoms with Crippen molar-refractivity contribution in [2.75, 3.05) is 12.3 Å². The van der Waals surface area contributed by atoms with Crippen molar-refractivity contribution in [3.8, 4) is 0 Å². The summed E-state index contributed by atoms with van der Waals surface area (Å²) in [6, 6.07) is 4.94. The van der Waals surface area contributed by atoms with E-state index >= 15 is 0 Å². The predicted molar refractivity (Wildman–Crippen MR) is 63.8 cm³/mol. The molecular formula is C12H14ClNO2. The number of nitrogens with two attached hydrogens (primary N) is 1. The summed E-state index contributed by atoms with van der Waals surface area (Å²) in [5.41, 5.74) is 6.70. The first-order valence-corrected chi connectivity index (χ1v) is 5.77. The lowest BCUT2D eigenvalue weighted by molar-refractivity contribution is 0.0187. The molecule has 4 heteroatoms. The van der Waals surface area contributed by atoms with E-state index < -0.39 is 0 Å². The lowest BCUT2D eigenvalue weighted by atomic mass is 9.99. The van der Waals surface area contributed by atoms with Gasteiger partial charge in [0.1, 0.15) is 6.10 Å². The number of hydrogen-bond acceptors (Lipinski definition) is 3. The van der Waals surface area contributed by atoms with Gasteiger partial charge >= 0.3 is 0 Å². The highest BCUT2D eigenvalue weighted by Gasteiger charge is 2.24. The van der Waals surface area contributed by atoms with Crippen LogP contribution in [-0.2, 0) is 4.74 Å². The lowest BCUT2D eigenvalue weighted by Gasteiger charge is -2.21. The van der Waals surface area contributed by atoms with Crippen LogP contribution >= 0.6 is 11.6 Å². The van der Waals surface area contributed by atoms with Crippen LogP contribution in [0.1, 0.15) is 29.6 Å². The van der Waals surface area contributed by atoms with E-state index in [1.54, 1.807) is 18.2 Å². The third-order valence-corrected chi connectivity index (χ3v) is 2.99. The second kappa shape index (κ2) is 4.85. The summed E-state index contributed by atoms with van der Waals surface area (Å²) in [5.74, 6) is -0.0558. The second-order valence-corrected chi connectivity index (χ2v) is 4.39. The van der Waals surface area contributed by atoms with E-state index in [0.29, 0.717) is 22.9 Å². The minimum absolute atomic E-state index is 0.0558. The molecule has 1 aliphatic heterocycles. The fourth-order valence-corrected chi connectivity index (χ4v) is 2.03. The number of anilines is 1. The average Bonchev–Trinajstić information content (AvgIpc) is 2.32. The average molecular weight is 240 g/mol. The molecule has 0 bridgehead atoms. The van der Waals surface area contributed by atoms with E-state index in [1.807, 2.05) is 0 Å². The maximum atomic E-state index is 12.1. The molecule has 3 nitrogen and oxygen atoms in total. The van der Waals surface area contributed by atoms with Gasteiger partial charge in [0, 0.05) is 22.9 Å². The Morgan fingerprint density at radius 1 is 1.44 bits per heavy atom. The van der Waals surface area contributed by atoms with Gasteiger partial charge in [-0.2, -0.15) is 0 Å². The molecule has 1 aliphatic rings. The summed E-state index contributed by atoms with van der Waals surface area (Å²) in [6.07, 6.45) is 2.46. The Bertz CT molecular complexity index is 400. The van der Waals surface area contributed by atoms with E-state index in [4.69, 9.17) is 22.1 Å². The number of benzene rings is 1. The third-order valence-electron chi connectivity index (χ3n) is 2.75. The lowest BCUT2D eigenvalue weighted by Crippen LogP contribution is -2.28. The van der Waals surface area contributed by atoms with E-state index in [0.717, 1.165) is 19.3 Å². The molecule has 1 aromatic carbocycles. The Labute approximate surface area is 99.5 Å². The molecule has 1 unspecified atom stereocenters. The van der Waals surface area contributed by atoms with Crippen molar-refractivity contribution in [2.45, 2.75) is 25.4 Å². The summed E-state index contributed by atoms with van der Waals surface area (Å²) < 4.78 is 5.44. The van der Waals surface area contributed by atoms with Gasteiger partial charge in [0.2, 0.25) is 0 Å². The van der Waals surface area contributed by atoms with Gasteiger partial charge in [0.05, 0.1) is 0 Å². The van der Waals surface area contributed by atoms with Crippen molar-refractivity contribution < 1.29 is 9.53 Å². The van der Waals surface area contributed by atoms with Crippen molar-refractivity contribution in [1.29, 1.82) is 0 Å². The number of rotatable bonds is 2. The number of carbonyl (C=O) groups excluding carboxylic acids is 1. The van der Waals surface area contributed by atoms with Crippen molar-refractivity contribution in [2.24, 2.45) is 0 Å². The van der Waals surface area contributed by atoms with Crippen LogP contribution in [-0.4, -0.2) is 18.5 Å². The Hall–Kier alpha value is -1.06. The fourth-order valence-electron chi connectivity index (χ4n) is 1.86. The number of carbonyl (C=O) groups is 1. The van der Waals surface area contributed by atoms with Gasteiger partial charge in [-0.05, 0) is 37.5 Å². The first-order valence-electron chi connectivity index (χ1n) is 5.39. The van der Waals surface area contributed by atoms with Crippen LogP contribution in [0.2, 0.25) is 5.02 Å². The Morgan fingerprint density at radius 3 is 2.94 bits per heavy atom. The summed E-state index contributed by atoms with van der Waals surface area (Å²) in [6.45, 7) is 0.650. The molecule has 1 atom stereocenters. The number of Topliss-reactive ketones (excluding diaryl/α,β-unsaturated/α-hetero) is 1. The molecule has 0 radical (unpaired) electrons. The number of hydrogen-bond donors (Lipinski definition) is 1. The van der Waals surface area contributed by atoms with Gasteiger partial charge < -0.3 is 10.5 Å². The highest BCUT2D eigenvalue weighted by atomic mass is 35.5. The summed E-state index contributed by atoms with van der Waals surface area (Å²) in [7, 11) is 0. The molecule has 86 valence electrons. The molecule has 0 aliphatic carbocycles. The van der Waals surface area contributed by atoms with Crippen molar-refractivity contribution in [1.82, 2.24) is 0 Å². The van der Waals surface area contributed by atoms with Gasteiger partial charge in [0.25, 0.3) is 0 Å². The molecule has 16 heavy (non-hydrogen) atoms. The molecule has 0 saturated carbocycles. The molecule has 1 saturated heterocycles. The van der Waals surface area contributed by atoms with Gasteiger partial charge in [-0.15, -0.1) is 0 Å². The zero-order valence-corrected chi connectivity index (χ0v) is 9.67. The van der Waals surface area contributed by atoms with Crippen LogP contribution in [0.15, 0.2) is 18.2 Å². The van der Waals surface area contributed by atoms with Crippen LogP contribution in [0.25, 0.3) is 0 Å². The van der Waals surface area contributed by atoms with Gasteiger partial charge in [-0.3, -0.25) is 4.79 Å². The fraction of sp³-hybridized carbons (Fsp3) is 0.417. The first kappa shape index (κ1) is 11.4. The molecular weight excluding hydrogens is 226 g/mol. The summed E-state index contributed by atoms with van der Waals surface area (Å²) >= 11 is 5.85. The maximum absolute atomic E-state index is 12.1. The zero-order valence-electron chi connectivity index (χ0n) is 8.91. The van der Waals surface area contributed by atoms with Crippen LogP contribution in [0.5, 0.6) is 0 Å². The highest BCUT2D eigenvalue weighted by molar-refractivity contribution is 6.31. The first-order chi connectivity index (χ1) is 7.68. The van der Waals surface area contributed by atoms with E-state index in [1.165, 1.54) is 0 Å². The van der Waals surface area contributed by atoms with Gasteiger partial charge in [-0.1, -0.05) is 11.6 Å². The van der Waals surface area contributed by atoms with Crippen LogP contribution < -0.4 is 5.73 Å². The Kier molecular flexibility index (Phi) is 3.46. The van der Waals surface area contributed by atoms with Crippen LogP contribution in [0, 0.1) is 0 Å². The van der Waals surface area contributed by atoms with Gasteiger partial charge in [0.15, 0.2) is 5.78 Å². The molecule has 2 N–H and O–H groups in total. The summed E-state index contributed by atoms with van der Waals surface area (Å²) in [5, 5.41) is 0.522. The topological polar surface area (TPSA) is 52.3 Å². The molecule has 0 spiro atoms. The second-order valence-electron chi connectivity index (χ2n) is 3.95. The predicted octanol–water partition coefficient (Wildman–Crippen LogP) is 2.67. The van der Waals surface area contributed by atoms with Crippen molar-refractivity contribution >= 4 is 23.1 Å². The highest BCUT2D eigenvalue weighted by Crippen LogP contribution is 2.23. The monoisotopic (exact) mass is 239 g/mol. The van der Waals surface area contributed by atoms with Gasteiger partial charge in [-0.25, -0.2) is 0 Å². The molecule has 1 heterocycles. The third kappa shape index (κ3) is 2.36. The normalized spacial score (nSPS) is 20.7. The largest absolute Gasteiger partial charge is 0.398 e. The minimum Gasteiger partial charge on any atom is -0.398 e. The molecule has 1 fully saturated rings. The van der Waals surface area contributed by atoms with Crippen molar-refractivity contribution in [3.05, 3.63) is 28.8 Å². The van der Waals surface area contributed by atoms with E-state index in [-0.39, 0.29) is 11.9 Å². The smallest absolute Gasteiger partial charge is 0.193 e.